The van der Waals surface area contributed by atoms with Crippen molar-refractivity contribution in [1.29, 1.82) is 0 Å². The van der Waals surface area contributed by atoms with E-state index in [-0.39, 0.29) is 16.8 Å². The topological polar surface area (TPSA) is 129 Å². The molecule has 13 heteroatoms. The smallest absolute Gasteiger partial charge is 0.298 e. The van der Waals surface area contributed by atoms with Crippen LogP contribution in [0.1, 0.15) is 40.0 Å². The van der Waals surface area contributed by atoms with E-state index >= 15 is 4.39 Å². The normalized spacial score (nSPS) is 12.5. The highest BCUT2D eigenvalue weighted by Crippen LogP contribution is 2.35. The highest BCUT2D eigenvalue weighted by atomic mass is 19.3. The maximum Gasteiger partial charge on any atom is 0.298 e. The van der Waals surface area contributed by atoms with Gasteiger partial charge < -0.3 is 10.8 Å². The third-order valence-electron chi connectivity index (χ3n) is 5.93. The van der Waals surface area contributed by atoms with Gasteiger partial charge in [-0.25, -0.2) is 13.5 Å². The number of nitrogens with zero attached hydrogens (tertiary/aromatic N) is 5. The number of aromatic nitrogens is 5. The van der Waals surface area contributed by atoms with Crippen LogP contribution in [0, 0.1) is 11.6 Å². The molecule has 37 heavy (non-hydrogen) atoms. The number of alkyl halides is 2. The Morgan fingerprint density at radius 3 is 2.51 bits per heavy atom. The molecule has 0 saturated carbocycles. The molecule has 0 saturated heterocycles. The van der Waals surface area contributed by atoms with Crippen LogP contribution in [0.3, 0.4) is 0 Å². The summed E-state index contributed by atoms with van der Waals surface area (Å²) in [6.07, 6.45) is 1.43. The summed E-state index contributed by atoms with van der Waals surface area (Å²) in [5, 5.41) is 20.5. The summed E-state index contributed by atoms with van der Waals surface area (Å²) in [7, 11) is 1.61. The second-order valence-electron chi connectivity index (χ2n) is 8.26. The number of aliphatic hydroxyl groups is 1. The largest absolute Gasteiger partial charge is 0.390 e. The number of benzene rings is 2. The fraction of sp³-hybridized carbons (Fsp3) is 0.208. The highest BCUT2D eigenvalue weighted by Gasteiger charge is 2.35. The maximum atomic E-state index is 15.1. The van der Waals surface area contributed by atoms with E-state index in [1.54, 1.807) is 7.05 Å². The van der Waals surface area contributed by atoms with Crippen molar-refractivity contribution in [2.75, 3.05) is 6.61 Å². The second kappa shape index (κ2) is 9.58. The minimum atomic E-state index is -3.86. The quantitative estimate of drug-likeness (QED) is 0.364. The molecule has 2 heterocycles. The van der Waals surface area contributed by atoms with Crippen LogP contribution in [0.4, 0.5) is 17.6 Å². The maximum absolute atomic E-state index is 15.1. The number of amides is 1. The number of nitrogens with two attached hydrogens (primary N) is 1. The first-order chi connectivity index (χ1) is 17.5. The molecule has 2 aromatic heterocycles. The number of halogens is 4. The number of aliphatic hydroxyl groups excluding tert-OH is 1. The standard InChI is InChI=1S/C24H20F4N6O3/c1-12(14-4-3-5-16(21(14)26)24(27,28)11-35)15-9-20(36)34(31-22(15)23(29)37)18-8-13(6-7-17(18)25)19-10-30-32-33(19)2/h3-10,12,35H,11H2,1-2H3,(H2,29,37)/t12-/m0/s1. The Morgan fingerprint density at radius 2 is 1.89 bits per heavy atom. The lowest BCUT2D eigenvalue weighted by Gasteiger charge is -2.20. The van der Waals surface area contributed by atoms with Crippen molar-refractivity contribution in [3.05, 3.63) is 93.0 Å². The summed E-state index contributed by atoms with van der Waals surface area (Å²) in [5.41, 5.74) is 3.26. The molecule has 1 atom stereocenters. The van der Waals surface area contributed by atoms with Gasteiger partial charge in [-0.1, -0.05) is 24.3 Å². The Kier molecular flexibility index (Phi) is 6.65. The third kappa shape index (κ3) is 4.60. The summed E-state index contributed by atoms with van der Waals surface area (Å²) in [4.78, 5) is 25.3. The predicted octanol–water partition coefficient (Wildman–Crippen LogP) is 2.64. The zero-order chi connectivity index (χ0) is 27.1. The number of hydrogen-bond donors (Lipinski definition) is 2. The van der Waals surface area contributed by atoms with Gasteiger partial charge in [0, 0.05) is 24.6 Å². The number of primary amides is 1. The summed E-state index contributed by atoms with van der Waals surface area (Å²) in [6.45, 7) is -0.255. The Hall–Kier alpha value is -4.39. The zero-order valence-electron chi connectivity index (χ0n) is 19.5. The molecule has 0 aliphatic carbocycles. The monoisotopic (exact) mass is 516 g/mol. The molecule has 192 valence electrons. The summed E-state index contributed by atoms with van der Waals surface area (Å²) >= 11 is 0. The number of carbonyl (C=O) groups is 1. The van der Waals surface area contributed by atoms with Gasteiger partial charge in [-0.15, -0.1) is 5.10 Å². The van der Waals surface area contributed by atoms with Crippen LogP contribution in [0.15, 0.2) is 53.5 Å². The van der Waals surface area contributed by atoms with E-state index in [0.29, 0.717) is 15.9 Å². The first-order valence-corrected chi connectivity index (χ1v) is 10.8. The minimum absolute atomic E-state index is 0.149. The van der Waals surface area contributed by atoms with Crippen LogP contribution in [0.5, 0.6) is 0 Å². The first-order valence-electron chi connectivity index (χ1n) is 10.8. The average Bonchev–Trinajstić information content (AvgIpc) is 3.29. The van der Waals surface area contributed by atoms with Crippen LogP contribution in [-0.2, 0) is 13.0 Å². The molecule has 4 rings (SSSR count). The van der Waals surface area contributed by atoms with Crippen molar-refractivity contribution in [2.24, 2.45) is 12.8 Å². The summed E-state index contributed by atoms with van der Waals surface area (Å²) in [5.74, 6) is -8.27. The van der Waals surface area contributed by atoms with Gasteiger partial charge in [0.15, 0.2) is 5.69 Å². The summed E-state index contributed by atoms with van der Waals surface area (Å²) in [6, 6.07) is 7.92. The van der Waals surface area contributed by atoms with Crippen molar-refractivity contribution in [1.82, 2.24) is 24.8 Å². The molecular formula is C24H20F4N6O3. The summed E-state index contributed by atoms with van der Waals surface area (Å²) < 4.78 is 60.0. The number of aryl methyl sites for hydroxylation is 1. The van der Waals surface area contributed by atoms with Gasteiger partial charge in [-0.05, 0) is 35.4 Å². The molecule has 2 aromatic carbocycles. The van der Waals surface area contributed by atoms with Gasteiger partial charge in [0.05, 0.1) is 17.5 Å². The van der Waals surface area contributed by atoms with E-state index in [1.807, 2.05) is 0 Å². The Balaban J connectivity index is 1.87. The van der Waals surface area contributed by atoms with Crippen LogP contribution in [0.2, 0.25) is 0 Å². The molecule has 3 N–H and O–H groups in total. The number of hydrogen-bond acceptors (Lipinski definition) is 6. The minimum Gasteiger partial charge on any atom is -0.390 e. The zero-order valence-corrected chi connectivity index (χ0v) is 19.5. The second-order valence-corrected chi connectivity index (χ2v) is 8.26. The van der Waals surface area contributed by atoms with Gasteiger partial charge in [0.1, 0.15) is 23.9 Å². The van der Waals surface area contributed by atoms with Crippen LogP contribution in [0.25, 0.3) is 16.9 Å². The molecule has 0 unspecified atom stereocenters. The lowest BCUT2D eigenvalue weighted by atomic mass is 9.89. The van der Waals surface area contributed by atoms with Crippen molar-refractivity contribution < 1.29 is 27.5 Å². The van der Waals surface area contributed by atoms with E-state index in [1.165, 1.54) is 36.0 Å². The molecular weight excluding hydrogens is 496 g/mol. The molecule has 0 aliphatic heterocycles. The van der Waals surface area contributed by atoms with E-state index in [0.717, 1.165) is 24.3 Å². The van der Waals surface area contributed by atoms with Crippen molar-refractivity contribution in [2.45, 2.75) is 18.8 Å². The molecule has 0 radical (unpaired) electrons. The molecule has 1 amide bonds. The molecule has 0 fully saturated rings. The van der Waals surface area contributed by atoms with Crippen LogP contribution in [-0.4, -0.2) is 42.4 Å². The number of rotatable bonds is 7. The van der Waals surface area contributed by atoms with Gasteiger partial charge in [-0.2, -0.15) is 18.6 Å². The van der Waals surface area contributed by atoms with Crippen molar-refractivity contribution in [3.63, 3.8) is 0 Å². The highest BCUT2D eigenvalue weighted by molar-refractivity contribution is 5.92. The molecule has 0 bridgehead atoms. The van der Waals surface area contributed by atoms with Crippen LogP contribution < -0.4 is 11.3 Å². The van der Waals surface area contributed by atoms with Gasteiger partial charge in [0.25, 0.3) is 17.4 Å². The SMILES string of the molecule is C[C@H](c1cc(=O)n(-c2cc(-c3cnnn3C)ccc2F)nc1C(N)=O)c1cccc(C(F)(F)CO)c1F. The van der Waals surface area contributed by atoms with E-state index < -0.39 is 52.8 Å². The van der Waals surface area contributed by atoms with Crippen molar-refractivity contribution >= 4 is 5.91 Å². The van der Waals surface area contributed by atoms with Gasteiger partial charge in [0.2, 0.25) is 0 Å². The molecule has 0 spiro atoms. The lowest BCUT2D eigenvalue weighted by molar-refractivity contribution is -0.0583. The van der Waals surface area contributed by atoms with Crippen molar-refractivity contribution in [3.8, 4) is 16.9 Å². The fourth-order valence-corrected chi connectivity index (χ4v) is 3.97. The average molecular weight is 516 g/mol. The van der Waals surface area contributed by atoms with E-state index in [2.05, 4.69) is 15.4 Å². The fourth-order valence-electron chi connectivity index (χ4n) is 3.97. The van der Waals surface area contributed by atoms with Crippen LogP contribution >= 0.6 is 0 Å². The van der Waals surface area contributed by atoms with E-state index in [9.17, 15) is 22.8 Å². The Bertz CT molecular complexity index is 1570. The Labute approximate surface area is 206 Å². The van der Waals surface area contributed by atoms with Gasteiger partial charge in [-0.3, -0.25) is 9.59 Å². The molecule has 0 aliphatic rings. The van der Waals surface area contributed by atoms with Gasteiger partial charge >= 0.3 is 0 Å². The predicted molar refractivity (Wildman–Crippen MR) is 123 cm³/mol. The third-order valence-corrected chi connectivity index (χ3v) is 5.93. The number of carbonyl (C=O) groups excluding carboxylic acids is 1. The first kappa shape index (κ1) is 25.7. The Morgan fingerprint density at radius 1 is 1.16 bits per heavy atom. The van der Waals surface area contributed by atoms with E-state index in [4.69, 9.17) is 10.8 Å². The molecule has 4 aromatic rings. The molecule has 9 nitrogen and oxygen atoms in total. The lowest BCUT2D eigenvalue weighted by Crippen LogP contribution is -2.29.